The molecule has 2 N–H and O–H groups in total. The van der Waals surface area contributed by atoms with E-state index in [4.69, 9.17) is 14.6 Å². The number of hydrogen-bond donors (Lipinski definition) is 2. The number of carboxylic acids is 1. The van der Waals surface area contributed by atoms with Crippen LogP contribution in [0.4, 0.5) is 0 Å². The van der Waals surface area contributed by atoms with Crippen molar-refractivity contribution in [1.82, 2.24) is 4.72 Å². The van der Waals surface area contributed by atoms with Crippen LogP contribution in [0, 0.1) is 0 Å². The van der Waals surface area contributed by atoms with E-state index in [1.807, 2.05) is 0 Å². The first-order valence-electron chi connectivity index (χ1n) is 5.93. The third-order valence-corrected chi connectivity index (χ3v) is 4.00. The molecule has 0 spiro atoms. The molecule has 0 aliphatic heterocycles. The Morgan fingerprint density at radius 3 is 2.52 bits per heavy atom. The Kier molecular flexibility index (Phi) is 5.74. The number of rotatable bonds is 8. The molecule has 0 aliphatic carbocycles. The topological polar surface area (TPSA) is 102 Å². The second-order valence-electron chi connectivity index (χ2n) is 4.04. The first kappa shape index (κ1) is 17.0. The molecular formula is C13H17NO6S. The summed E-state index contributed by atoms with van der Waals surface area (Å²) in [5, 5.41) is 8.84. The Morgan fingerprint density at radius 2 is 2.05 bits per heavy atom. The number of carbonyl (C=O) groups is 1. The highest BCUT2D eigenvalue weighted by molar-refractivity contribution is 7.89. The van der Waals surface area contributed by atoms with Crippen molar-refractivity contribution in [2.45, 2.75) is 11.3 Å². The van der Waals surface area contributed by atoms with Crippen LogP contribution in [-0.4, -0.2) is 40.3 Å². The molecule has 116 valence electrons. The molecule has 0 saturated carbocycles. The zero-order valence-corrected chi connectivity index (χ0v) is 12.6. The molecule has 1 rings (SSSR count). The van der Waals surface area contributed by atoms with Crippen molar-refractivity contribution < 1.29 is 27.8 Å². The highest BCUT2D eigenvalue weighted by Crippen LogP contribution is 2.35. The fraction of sp³-hybridized carbons (Fsp3) is 0.308. The van der Waals surface area contributed by atoms with E-state index in [1.54, 1.807) is 0 Å². The van der Waals surface area contributed by atoms with E-state index in [-0.39, 0.29) is 29.4 Å². The van der Waals surface area contributed by atoms with Crippen molar-refractivity contribution in [2.24, 2.45) is 0 Å². The normalized spacial score (nSPS) is 11.0. The van der Waals surface area contributed by atoms with Crippen LogP contribution in [0.25, 0.3) is 0 Å². The van der Waals surface area contributed by atoms with Gasteiger partial charge in [-0.2, -0.15) is 0 Å². The molecule has 1 aromatic carbocycles. The van der Waals surface area contributed by atoms with E-state index in [0.717, 1.165) is 0 Å². The monoisotopic (exact) mass is 315 g/mol. The molecule has 0 saturated heterocycles. The lowest BCUT2D eigenvalue weighted by Gasteiger charge is -2.15. The SMILES string of the molecule is C=CCNS(=O)(=O)c1cc(CC(=O)O)cc(OC)c1OC. The minimum Gasteiger partial charge on any atom is -0.493 e. The average Bonchev–Trinajstić information content (AvgIpc) is 2.43. The molecule has 1 aromatic rings. The molecule has 0 fully saturated rings. The van der Waals surface area contributed by atoms with Crippen molar-refractivity contribution in [2.75, 3.05) is 20.8 Å². The smallest absolute Gasteiger partial charge is 0.307 e. The molecule has 21 heavy (non-hydrogen) atoms. The van der Waals surface area contributed by atoms with Gasteiger partial charge in [0.15, 0.2) is 11.5 Å². The molecule has 7 nitrogen and oxygen atoms in total. The first-order chi connectivity index (χ1) is 9.85. The fourth-order valence-electron chi connectivity index (χ4n) is 1.71. The Morgan fingerprint density at radius 1 is 1.38 bits per heavy atom. The van der Waals surface area contributed by atoms with Gasteiger partial charge in [-0.25, -0.2) is 13.1 Å². The second-order valence-corrected chi connectivity index (χ2v) is 5.78. The molecule has 0 aromatic heterocycles. The number of ether oxygens (including phenoxy) is 2. The number of nitrogens with one attached hydrogen (secondary N) is 1. The van der Waals surface area contributed by atoms with Crippen molar-refractivity contribution >= 4 is 16.0 Å². The molecule has 0 unspecified atom stereocenters. The Labute approximate surface area is 123 Å². The van der Waals surface area contributed by atoms with Crippen LogP contribution in [-0.2, 0) is 21.2 Å². The van der Waals surface area contributed by atoms with Crippen LogP contribution in [0.15, 0.2) is 29.7 Å². The maximum Gasteiger partial charge on any atom is 0.307 e. The lowest BCUT2D eigenvalue weighted by atomic mass is 10.1. The standard InChI is InChI=1S/C13H17NO6S/c1-4-5-14-21(17,18)11-7-9(8-12(15)16)6-10(19-2)13(11)20-3/h4,6-7,14H,1,5,8H2,2-3H3,(H,15,16). The Hall–Kier alpha value is -2.06. The number of sulfonamides is 1. The highest BCUT2D eigenvalue weighted by Gasteiger charge is 2.24. The lowest BCUT2D eigenvalue weighted by Crippen LogP contribution is -2.24. The van der Waals surface area contributed by atoms with Crippen LogP contribution in [0.1, 0.15) is 5.56 Å². The third-order valence-electron chi connectivity index (χ3n) is 2.57. The van der Waals surface area contributed by atoms with Crippen molar-refractivity contribution in [3.63, 3.8) is 0 Å². The Balaban J connectivity index is 3.45. The van der Waals surface area contributed by atoms with Gasteiger partial charge in [-0.1, -0.05) is 6.08 Å². The quantitative estimate of drug-likeness (QED) is 0.688. The summed E-state index contributed by atoms with van der Waals surface area (Å²) in [7, 11) is -1.23. The van der Waals surface area contributed by atoms with Gasteiger partial charge < -0.3 is 14.6 Å². The number of carboxylic acid groups (broad SMARTS) is 1. The summed E-state index contributed by atoms with van der Waals surface area (Å²) in [4.78, 5) is 10.6. The summed E-state index contributed by atoms with van der Waals surface area (Å²) in [6.07, 6.45) is 1.06. The number of benzene rings is 1. The van der Waals surface area contributed by atoms with E-state index in [9.17, 15) is 13.2 Å². The largest absolute Gasteiger partial charge is 0.493 e. The van der Waals surface area contributed by atoms with Crippen LogP contribution < -0.4 is 14.2 Å². The summed E-state index contributed by atoms with van der Waals surface area (Å²) in [6, 6.07) is 2.68. The summed E-state index contributed by atoms with van der Waals surface area (Å²) >= 11 is 0. The summed E-state index contributed by atoms with van der Waals surface area (Å²) in [5.74, 6) is -0.914. The predicted octanol–water partition coefficient (Wildman–Crippen LogP) is 0.795. The van der Waals surface area contributed by atoms with Gasteiger partial charge in [-0.05, 0) is 17.7 Å². The van der Waals surface area contributed by atoms with E-state index in [2.05, 4.69) is 11.3 Å². The van der Waals surface area contributed by atoms with E-state index < -0.39 is 16.0 Å². The minimum absolute atomic E-state index is 0.0169. The van der Waals surface area contributed by atoms with E-state index in [1.165, 1.54) is 32.4 Å². The van der Waals surface area contributed by atoms with Gasteiger partial charge in [-0.3, -0.25) is 4.79 Å². The maximum absolute atomic E-state index is 12.2. The summed E-state index contributed by atoms with van der Waals surface area (Å²) in [5.41, 5.74) is 0.291. The van der Waals surface area contributed by atoms with Gasteiger partial charge in [0.1, 0.15) is 4.90 Å². The number of methoxy groups -OCH3 is 2. The fourth-order valence-corrected chi connectivity index (χ4v) is 2.93. The second kappa shape index (κ2) is 7.09. The van der Waals surface area contributed by atoms with Gasteiger partial charge >= 0.3 is 5.97 Å². The molecule has 0 bridgehead atoms. The lowest BCUT2D eigenvalue weighted by molar-refractivity contribution is -0.136. The van der Waals surface area contributed by atoms with Crippen molar-refractivity contribution in [3.8, 4) is 11.5 Å². The van der Waals surface area contributed by atoms with Crippen molar-refractivity contribution in [1.29, 1.82) is 0 Å². The van der Waals surface area contributed by atoms with E-state index >= 15 is 0 Å². The zero-order chi connectivity index (χ0) is 16.0. The number of aliphatic carboxylic acids is 1. The molecule has 0 atom stereocenters. The number of hydrogen-bond acceptors (Lipinski definition) is 5. The highest BCUT2D eigenvalue weighted by atomic mass is 32.2. The van der Waals surface area contributed by atoms with Gasteiger partial charge in [-0.15, -0.1) is 6.58 Å². The van der Waals surface area contributed by atoms with Gasteiger partial charge in [0.05, 0.1) is 20.6 Å². The predicted molar refractivity (Wildman–Crippen MR) is 76.3 cm³/mol. The molecule has 0 heterocycles. The third kappa shape index (κ3) is 4.20. The van der Waals surface area contributed by atoms with Gasteiger partial charge in [0.25, 0.3) is 0 Å². The first-order valence-corrected chi connectivity index (χ1v) is 7.41. The molecule has 0 radical (unpaired) electrons. The van der Waals surface area contributed by atoms with Crippen LogP contribution in [0.5, 0.6) is 11.5 Å². The molecule has 0 amide bonds. The minimum atomic E-state index is -3.88. The van der Waals surface area contributed by atoms with Crippen molar-refractivity contribution in [3.05, 3.63) is 30.4 Å². The molecule has 0 aliphatic rings. The molecule has 8 heteroatoms. The Bertz CT molecular complexity index is 638. The summed E-state index contributed by atoms with van der Waals surface area (Å²) < 4.78 is 36.9. The van der Waals surface area contributed by atoms with Crippen LogP contribution in [0.2, 0.25) is 0 Å². The zero-order valence-electron chi connectivity index (χ0n) is 11.8. The maximum atomic E-state index is 12.2. The van der Waals surface area contributed by atoms with Gasteiger partial charge in [0, 0.05) is 6.54 Å². The van der Waals surface area contributed by atoms with Crippen LogP contribution >= 0.6 is 0 Å². The van der Waals surface area contributed by atoms with Gasteiger partial charge in [0.2, 0.25) is 10.0 Å². The average molecular weight is 315 g/mol. The van der Waals surface area contributed by atoms with E-state index in [0.29, 0.717) is 5.56 Å². The van der Waals surface area contributed by atoms with Crippen LogP contribution in [0.3, 0.4) is 0 Å². The molecular weight excluding hydrogens is 298 g/mol. The summed E-state index contributed by atoms with van der Waals surface area (Å²) in [6.45, 7) is 3.47.